The number of carbonyl (C=O) groups is 2. The Bertz CT molecular complexity index is 280. The number of alkyl halides is 2. The van der Waals surface area contributed by atoms with E-state index in [1.165, 1.54) is 4.90 Å². The zero-order valence-corrected chi connectivity index (χ0v) is 6.72. The molecule has 72 valence electrons. The first-order valence-electron chi connectivity index (χ1n) is 3.93. The summed E-state index contributed by atoms with van der Waals surface area (Å²) in [6.07, 6.45) is -0.480. The van der Waals surface area contributed by atoms with Crippen molar-refractivity contribution in [2.24, 2.45) is 0 Å². The molecule has 2 heterocycles. The minimum absolute atomic E-state index is 0.105. The second-order valence-corrected chi connectivity index (χ2v) is 3.39. The third-order valence-corrected chi connectivity index (χ3v) is 2.28. The predicted octanol–water partition coefficient (Wildman–Crippen LogP) is -0.648. The minimum Gasteiger partial charge on any atom is -0.294 e. The molecule has 0 radical (unpaired) electrons. The van der Waals surface area contributed by atoms with Crippen molar-refractivity contribution in [1.82, 2.24) is 10.2 Å². The molecule has 0 saturated carbocycles. The van der Waals surface area contributed by atoms with Crippen molar-refractivity contribution in [3.8, 4) is 0 Å². The highest BCUT2D eigenvalue weighted by Gasteiger charge is 2.50. The minimum atomic E-state index is -2.84. The summed E-state index contributed by atoms with van der Waals surface area (Å²) in [5, 5.41) is 2.04. The van der Waals surface area contributed by atoms with Crippen LogP contribution in [0.5, 0.6) is 0 Å². The molecule has 2 amide bonds. The highest BCUT2D eigenvalue weighted by Crippen LogP contribution is 2.32. The first kappa shape index (κ1) is 8.55. The lowest BCUT2D eigenvalue weighted by molar-refractivity contribution is -0.138. The van der Waals surface area contributed by atoms with E-state index in [1.807, 2.05) is 5.32 Å². The van der Waals surface area contributed by atoms with E-state index < -0.39 is 36.7 Å². The van der Waals surface area contributed by atoms with Crippen LogP contribution in [0.2, 0.25) is 0 Å². The van der Waals surface area contributed by atoms with Crippen LogP contribution in [0.1, 0.15) is 6.42 Å². The summed E-state index contributed by atoms with van der Waals surface area (Å²) in [6.45, 7) is -0.594. The molecule has 1 unspecified atom stereocenters. The monoisotopic (exact) mass is 190 g/mol. The SMILES string of the molecule is O=C1CN2CC(F)(F)CC2C(=O)N1. The van der Waals surface area contributed by atoms with Crippen LogP contribution >= 0.6 is 0 Å². The molecule has 4 nitrogen and oxygen atoms in total. The van der Waals surface area contributed by atoms with Gasteiger partial charge in [-0.2, -0.15) is 0 Å². The highest BCUT2D eigenvalue weighted by atomic mass is 19.3. The fraction of sp³-hybridized carbons (Fsp3) is 0.714. The number of rotatable bonds is 0. The predicted molar refractivity (Wildman–Crippen MR) is 38.1 cm³/mol. The van der Waals surface area contributed by atoms with E-state index in [0.717, 1.165) is 0 Å². The van der Waals surface area contributed by atoms with Crippen molar-refractivity contribution in [3.63, 3.8) is 0 Å². The number of fused-ring (bicyclic) bond motifs is 1. The molecule has 2 aliphatic rings. The number of hydrogen-bond acceptors (Lipinski definition) is 3. The highest BCUT2D eigenvalue weighted by molar-refractivity contribution is 6.01. The van der Waals surface area contributed by atoms with E-state index in [2.05, 4.69) is 0 Å². The van der Waals surface area contributed by atoms with Gasteiger partial charge in [-0.3, -0.25) is 19.8 Å². The summed E-state index contributed by atoms with van der Waals surface area (Å²) in [5.74, 6) is -3.94. The van der Waals surface area contributed by atoms with Gasteiger partial charge in [-0.05, 0) is 0 Å². The molecule has 0 aromatic rings. The molecular weight excluding hydrogens is 182 g/mol. The first-order valence-corrected chi connectivity index (χ1v) is 3.93. The van der Waals surface area contributed by atoms with Gasteiger partial charge in [0.25, 0.3) is 5.92 Å². The Kier molecular flexibility index (Phi) is 1.63. The van der Waals surface area contributed by atoms with E-state index in [4.69, 9.17) is 0 Å². The number of imide groups is 1. The van der Waals surface area contributed by atoms with E-state index in [1.54, 1.807) is 0 Å². The molecule has 2 rings (SSSR count). The van der Waals surface area contributed by atoms with Crippen LogP contribution in [0.3, 0.4) is 0 Å². The average molecular weight is 190 g/mol. The number of nitrogens with one attached hydrogen (secondary N) is 1. The number of hydrogen-bond donors (Lipinski definition) is 1. The lowest BCUT2D eigenvalue weighted by Crippen LogP contribution is -2.55. The molecule has 0 aromatic heterocycles. The Labute approximate surface area is 72.9 Å². The van der Waals surface area contributed by atoms with Gasteiger partial charge in [-0.1, -0.05) is 0 Å². The Morgan fingerprint density at radius 2 is 2.15 bits per heavy atom. The van der Waals surface area contributed by atoms with Crippen molar-refractivity contribution in [2.75, 3.05) is 13.1 Å². The van der Waals surface area contributed by atoms with Gasteiger partial charge in [0.1, 0.15) is 0 Å². The van der Waals surface area contributed by atoms with Gasteiger partial charge in [0.05, 0.1) is 19.1 Å². The maximum absolute atomic E-state index is 12.8. The van der Waals surface area contributed by atoms with Crippen molar-refractivity contribution in [3.05, 3.63) is 0 Å². The van der Waals surface area contributed by atoms with Crippen LogP contribution in [0.25, 0.3) is 0 Å². The lowest BCUT2D eigenvalue weighted by Gasteiger charge is -2.26. The van der Waals surface area contributed by atoms with Crippen molar-refractivity contribution in [2.45, 2.75) is 18.4 Å². The quantitative estimate of drug-likeness (QED) is 0.516. The van der Waals surface area contributed by atoms with Gasteiger partial charge < -0.3 is 0 Å². The van der Waals surface area contributed by atoms with E-state index in [0.29, 0.717) is 0 Å². The summed E-state index contributed by atoms with van der Waals surface area (Å²) in [7, 11) is 0. The van der Waals surface area contributed by atoms with Gasteiger partial charge in [-0.25, -0.2) is 8.78 Å². The Hall–Kier alpha value is -1.04. The molecule has 13 heavy (non-hydrogen) atoms. The second kappa shape index (κ2) is 2.47. The molecule has 1 N–H and O–H groups in total. The summed E-state index contributed by atoms with van der Waals surface area (Å²) >= 11 is 0. The molecule has 2 fully saturated rings. The Balaban J connectivity index is 2.19. The number of piperazine rings is 1. The molecular formula is C7H8F2N2O2. The van der Waals surface area contributed by atoms with Crippen molar-refractivity contribution < 1.29 is 18.4 Å². The summed E-state index contributed by atoms with van der Waals surface area (Å²) in [4.78, 5) is 23.1. The lowest BCUT2D eigenvalue weighted by atomic mass is 10.1. The van der Waals surface area contributed by atoms with Crippen LogP contribution in [-0.2, 0) is 9.59 Å². The van der Waals surface area contributed by atoms with Crippen LogP contribution < -0.4 is 5.32 Å². The van der Waals surface area contributed by atoms with Gasteiger partial charge in [0.15, 0.2) is 0 Å². The summed E-state index contributed by atoms with van der Waals surface area (Å²) < 4.78 is 25.6. The fourth-order valence-electron chi connectivity index (χ4n) is 1.75. The largest absolute Gasteiger partial charge is 0.294 e. The standard InChI is InChI=1S/C7H8F2N2O2/c8-7(9)1-4-6(13)10-5(12)2-11(4)3-7/h4H,1-3H2,(H,10,12,13). The topological polar surface area (TPSA) is 49.4 Å². The molecule has 2 aliphatic heterocycles. The van der Waals surface area contributed by atoms with E-state index in [9.17, 15) is 18.4 Å². The van der Waals surface area contributed by atoms with Gasteiger partial charge in [0.2, 0.25) is 11.8 Å². The van der Waals surface area contributed by atoms with Crippen LogP contribution in [-0.4, -0.2) is 41.8 Å². The average Bonchev–Trinajstić information content (AvgIpc) is 2.23. The molecule has 1 atom stereocenters. The van der Waals surface area contributed by atoms with Crippen LogP contribution in [0, 0.1) is 0 Å². The number of amides is 2. The second-order valence-electron chi connectivity index (χ2n) is 3.39. The molecule has 0 aromatic carbocycles. The maximum atomic E-state index is 12.8. The van der Waals surface area contributed by atoms with Crippen LogP contribution in [0.15, 0.2) is 0 Å². The van der Waals surface area contributed by atoms with Gasteiger partial charge in [0, 0.05) is 6.42 Å². The third-order valence-electron chi connectivity index (χ3n) is 2.28. The van der Waals surface area contributed by atoms with E-state index >= 15 is 0 Å². The van der Waals surface area contributed by atoms with E-state index in [-0.39, 0.29) is 6.54 Å². The van der Waals surface area contributed by atoms with Crippen LogP contribution in [0.4, 0.5) is 8.78 Å². The number of halogens is 2. The Morgan fingerprint density at radius 3 is 2.85 bits per heavy atom. The maximum Gasteiger partial charge on any atom is 0.262 e. The third kappa shape index (κ3) is 1.41. The zero-order valence-electron chi connectivity index (χ0n) is 6.72. The summed E-state index contributed by atoms with van der Waals surface area (Å²) in [6, 6.07) is -0.826. The molecule has 0 spiro atoms. The van der Waals surface area contributed by atoms with Crippen molar-refractivity contribution in [1.29, 1.82) is 0 Å². The van der Waals surface area contributed by atoms with Gasteiger partial charge >= 0.3 is 0 Å². The Morgan fingerprint density at radius 1 is 1.46 bits per heavy atom. The van der Waals surface area contributed by atoms with Crippen molar-refractivity contribution >= 4 is 11.8 Å². The molecule has 6 heteroatoms. The number of nitrogens with zero attached hydrogens (tertiary/aromatic N) is 1. The fourth-order valence-corrected chi connectivity index (χ4v) is 1.75. The normalized spacial score (nSPS) is 32.9. The first-order chi connectivity index (χ1) is 5.98. The summed E-state index contributed by atoms with van der Waals surface area (Å²) in [5.41, 5.74) is 0. The van der Waals surface area contributed by atoms with Gasteiger partial charge in [-0.15, -0.1) is 0 Å². The molecule has 2 saturated heterocycles. The molecule has 0 aliphatic carbocycles. The smallest absolute Gasteiger partial charge is 0.262 e. The zero-order chi connectivity index (χ0) is 9.64. The number of carbonyl (C=O) groups excluding carboxylic acids is 2. The molecule has 0 bridgehead atoms.